The third-order valence-corrected chi connectivity index (χ3v) is 3.59. The van der Waals surface area contributed by atoms with Gasteiger partial charge in [-0.2, -0.15) is 13.2 Å². The van der Waals surface area contributed by atoms with Crippen LogP contribution in [0.25, 0.3) is 11.1 Å². The molecule has 3 N–H and O–H groups in total. The number of benzene rings is 1. The molecule has 0 fully saturated rings. The SMILES string of the molecule is CNC(=O)C(C)NC(=O)c1ncc(-c2cccc(C(F)(F)F)c2)cc1O. The number of hydrogen-bond acceptors (Lipinski definition) is 4. The highest BCUT2D eigenvalue weighted by atomic mass is 19.4. The number of nitrogens with one attached hydrogen (secondary N) is 2. The lowest BCUT2D eigenvalue weighted by atomic mass is 10.0. The first kappa shape index (κ1) is 19.2. The van der Waals surface area contributed by atoms with Gasteiger partial charge in [0, 0.05) is 18.8 Å². The maximum Gasteiger partial charge on any atom is 0.416 e. The second kappa shape index (κ2) is 7.42. The number of pyridine rings is 1. The smallest absolute Gasteiger partial charge is 0.416 e. The molecule has 1 aromatic carbocycles. The standard InChI is InChI=1S/C17H16F3N3O3/c1-9(15(25)21-2)23-16(26)14-13(24)7-11(8-22-14)10-4-3-5-12(6-10)17(18,19)20/h3-9,24H,1-2H3,(H,21,25)(H,23,26). The van der Waals surface area contributed by atoms with Gasteiger partial charge < -0.3 is 15.7 Å². The third kappa shape index (κ3) is 4.29. The minimum Gasteiger partial charge on any atom is -0.505 e. The molecule has 0 radical (unpaired) electrons. The number of alkyl halides is 3. The fourth-order valence-corrected chi connectivity index (χ4v) is 2.21. The van der Waals surface area contributed by atoms with Gasteiger partial charge in [-0.3, -0.25) is 9.59 Å². The topological polar surface area (TPSA) is 91.3 Å². The number of carbonyl (C=O) groups is 2. The Balaban J connectivity index is 2.27. The summed E-state index contributed by atoms with van der Waals surface area (Å²) in [4.78, 5) is 27.3. The number of aromatic hydroxyl groups is 1. The van der Waals surface area contributed by atoms with Gasteiger partial charge in [0.05, 0.1) is 5.56 Å². The molecule has 6 nitrogen and oxygen atoms in total. The second-order valence-electron chi connectivity index (χ2n) is 5.48. The van der Waals surface area contributed by atoms with Crippen molar-refractivity contribution in [3.05, 3.63) is 47.8 Å². The summed E-state index contributed by atoms with van der Waals surface area (Å²) in [5.41, 5.74) is -0.773. The molecule has 138 valence electrons. The fraction of sp³-hybridized carbons (Fsp3) is 0.235. The van der Waals surface area contributed by atoms with Gasteiger partial charge >= 0.3 is 6.18 Å². The largest absolute Gasteiger partial charge is 0.505 e. The van der Waals surface area contributed by atoms with Crippen molar-refractivity contribution in [2.24, 2.45) is 0 Å². The van der Waals surface area contributed by atoms with E-state index < -0.39 is 35.3 Å². The molecule has 1 aromatic heterocycles. The normalized spacial score (nSPS) is 12.3. The zero-order chi connectivity index (χ0) is 19.5. The number of halogens is 3. The molecule has 0 saturated carbocycles. The molecule has 0 saturated heterocycles. The van der Waals surface area contributed by atoms with Crippen LogP contribution in [0.3, 0.4) is 0 Å². The molecule has 0 spiro atoms. The van der Waals surface area contributed by atoms with E-state index in [0.29, 0.717) is 0 Å². The van der Waals surface area contributed by atoms with E-state index in [1.165, 1.54) is 32.3 Å². The highest BCUT2D eigenvalue weighted by Crippen LogP contribution is 2.33. The minimum atomic E-state index is -4.50. The van der Waals surface area contributed by atoms with Crippen molar-refractivity contribution >= 4 is 11.8 Å². The zero-order valence-corrected chi connectivity index (χ0v) is 13.9. The maximum atomic E-state index is 12.8. The first-order chi connectivity index (χ1) is 12.1. The molecular weight excluding hydrogens is 351 g/mol. The molecule has 1 heterocycles. The molecule has 9 heteroatoms. The Kier molecular flexibility index (Phi) is 5.49. The van der Waals surface area contributed by atoms with E-state index in [-0.39, 0.29) is 16.8 Å². The first-order valence-corrected chi connectivity index (χ1v) is 7.52. The second-order valence-corrected chi connectivity index (χ2v) is 5.48. The number of nitrogens with zero attached hydrogens (tertiary/aromatic N) is 1. The van der Waals surface area contributed by atoms with Crippen LogP contribution in [0.15, 0.2) is 36.5 Å². The van der Waals surface area contributed by atoms with Crippen LogP contribution in [0.1, 0.15) is 23.0 Å². The van der Waals surface area contributed by atoms with E-state index in [2.05, 4.69) is 15.6 Å². The van der Waals surface area contributed by atoms with Gasteiger partial charge in [0.25, 0.3) is 5.91 Å². The molecule has 0 aliphatic rings. The monoisotopic (exact) mass is 367 g/mol. The summed E-state index contributed by atoms with van der Waals surface area (Å²) >= 11 is 0. The number of likely N-dealkylation sites (N-methyl/N-ethyl adjacent to an activating group) is 1. The summed E-state index contributed by atoms with van der Waals surface area (Å²) in [6.45, 7) is 1.45. The molecule has 1 atom stereocenters. The van der Waals surface area contributed by atoms with E-state index in [4.69, 9.17) is 0 Å². The molecule has 2 amide bonds. The molecule has 2 aromatic rings. The quantitative estimate of drug-likeness (QED) is 0.774. The summed E-state index contributed by atoms with van der Waals surface area (Å²) in [5, 5.41) is 14.7. The number of aromatic nitrogens is 1. The van der Waals surface area contributed by atoms with Crippen LogP contribution in [-0.4, -0.2) is 35.0 Å². The van der Waals surface area contributed by atoms with Gasteiger partial charge in [-0.15, -0.1) is 0 Å². The maximum absolute atomic E-state index is 12.8. The fourth-order valence-electron chi connectivity index (χ4n) is 2.21. The van der Waals surface area contributed by atoms with Crippen LogP contribution in [0.2, 0.25) is 0 Å². The van der Waals surface area contributed by atoms with Gasteiger partial charge in [0.15, 0.2) is 5.69 Å². The number of carbonyl (C=O) groups excluding carboxylic acids is 2. The number of rotatable bonds is 4. The van der Waals surface area contributed by atoms with Crippen LogP contribution in [-0.2, 0) is 11.0 Å². The lowest BCUT2D eigenvalue weighted by molar-refractivity contribution is -0.137. The Bertz CT molecular complexity index is 837. The van der Waals surface area contributed by atoms with Gasteiger partial charge in [-0.05, 0) is 30.7 Å². The molecule has 0 bridgehead atoms. The number of amides is 2. The van der Waals surface area contributed by atoms with E-state index in [1.54, 1.807) is 0 Å². The van der Waals surface area contributed by atoms with Crippen LogP contribution < -0.4 is 10.6 Å². The summed E-state index contributed by atoms with van der Waals surface area (Å²) in [7, 11) is 1.41. The zero-order valence-electron chi connectivity index (χ0n) is 13.9. The van der Waals surface area contributed by atoms with Crippen LogP contribution in [0.4, 0.5) is 13.2 Å². The van der Waals surface area contributed by atoms with E-state index in [1.807, 2.05) is 0 Å². The molecule has 0 aliphatic carbocycles. The van der Waals surface area contributed by atoms with Crippen LogP contribution in [0.5, 0.6) is 5.75 Å². The van der Waals surface area contributed by atoms with E-state index in [9.17, 15) is 27.9 Å². The Morgan fingerprint density at radius 2 is 1.88 bits per heavy atom. The van der Waals surface area contributed by atoms with E-state index >= 15 is 0 Å². The first-order valence-electron chi connectivity index (χ1n) is 7.52. The molecule has 1 unspecified atom stereocenters. The highest BCUT2D eigenvalue weighted by Gasteiger charge is 2.30. The van der Waals surface area contributed by atoms with Crippen LogP contribution >= 0.6 is 0 Å². The van der Waals surface area contributed by atoms with Gasteiger partial charge in [0.1, 0.15) is 11.8 Å². The Morgan fingerprint density at radius 1 is 1.19 bits per heavy atom. The predicted octanol–water partition coefficient (Wildman–Crippen LogP) is 2.34. The van der Waals surface area contributed by atoms with Gasteiger partial charge in [-0.25, -0.2) is 4.98 Å². The summed E-state index contributed by atoms with van der Waals surface area (Å²) in [6, 6.07) is 4.81. The summed E-state index contributed by atoms with van der Waals surface area (Å²) < 4.78 is 38.4. The number of hydrogen-bond donors (Lipinski definition) is 3. The van der Waals surface area contributed by atoms with E-state index in [0.717, 1.165) is 18.2 Å². The van der Waals surface area contributed by atoms with Crippen molar-refractivity contribution in [2.75, 3.05) is 7.05 Å². The Hall–Kier alpha value is -3.10. The summed E-state index contributed by atoms with van der Waals surface area (Å²) in [5.74, 6) is -1.73. The van der Waals surface area contributed by atoms with Crippen molar-refractivity contribution in [3.63, 3.8) is 0 Å². The van der Waals surface area contributed by atoms with Crippen molar-refractivity contribution in [2.45, 2.75) is 19.1 Å². The molecule has 0 aliphatic heterocycles. The van der Waals surface area contributed by atoms with Crippen molar-refractivity contribution in [3.8, 4) is 16.9 Å². The van der Waals surface area contributed by atoms with Crippen molar-refractivity contribution in [1.82, 2.24) is 15.6 Å². The minimum absolute atomic E-state index is 0.188. The van der Waals surface area contributed by atoms with Gasteiger partial charge in [0.2, 0.25) is 5.91 Å². The summed E-state index contributed by atoms with van der Waals surface area (Å²) in [6.07, 6.45) is -3.32. The molecule has 26 heavy (non-hydrogen) atoms. The highest BCUT2D eigenvalue weighted by molar-refractivity contribution is 5.98. The van der Waals surface area contributed by atoms with Crippen molar-refractivity contribution in [1.29, 1.82) is 0 Å². The van der Waals surface area contributed by atoms with Gasteiger partial charge in [-0.1, -0.05) is 12.1 Å². The Morgan fingerprint density at radius 3 is 2.46 bits per heavy atom. The Labute approximate surface area is 147 Å². The average Bonchev–Trinajstić information content (AvgIpc) is 2.60. The average molecular weight is 367 g/mol. The molecule has 2 rings (SSSR count). The molecular formula is C17H16F3N3O3. The third-order valence-electron chi connectivity index (χ3n) is 3.59. The predicted molar refractivity (Wildman–Crippen MR) is 87.3 cm³/mol. The van der Waals surface area contributed by atoms with Crippen molar-refractivity contribution < 1.29 is 27.9 Å². The lowest BCUT2D eigenvalue weighted by Crippen LogP contribution is -2.43. The lowest BCUT2D eigenvalue weighted by Gasteiger charge is -2.13. The van der Waals surface area contributed by atoms with Crippen LogP contribution in [0, 0.1) is 0 Å².